The third kappa shape index (κ3) is 4.45. The summed E-state index contributed by atoms with van der Waals surface area (Å²) in [7, 11) is 1.35. The molecule has 1 aliphatic heterocycles. The van der Waals surface area contributed by atoms with Gasteiger partial charge in [-0.25, -0.2) is 9.48 Å². The maximum atomic E-state index is 13.8. The normalized spacial score (nSPS) is 12.6. The van der Waals surface area contributed by atoms with E-state index in [1.54, 1.807) is 12.1 Å². The summed E-state index contributed by atoms with van der Waals surface area (Å²) in [6.45, 7) is -0.772. The van der Waals surface area contributed by atoms with Gasteiger partial charge in [-0.15, -0.1) is 0 Å². The number of aliphatic carboxylic acids is 1. The lowest BCUT2D eigenvalue weighted by atomic mass is 10.0. The van der Waals surface area contributed by atoms with Crippen LogP contribution in [-0.4, -0.2) is 41.4 Å². The number of nitrogens with zero attached hydrogens (tertiary/aromatic N) is 1. The van der Waals surface area contributed by atoms with Gasteiger partial charge < -0.3 is 24.1 Å². The maximum absolute atomic E-state index is 13.8. The number of carboxylic acids is 1. The molecular weight excluding hydrogens is 449 g/mol. The van der Waals surface area contributed by atoms with E-state index >= 15 is 0 Å². The number of methoxy groups -OCH3 is 1. The Morgan fingerprint density at radius 1 is 1.18 bits per heavy atom. The molecule has 1 aromatic heterocycles. The number of rotatable bonds is 7. The topological polar surface area (TPSA) is 112 Å². The molecule has 0 fully saturated rings. The molecule has 1 aliphatic rings. The second-order valence-corrected chi connectivity index (χ2v) is 6.98. The molecule has 9 nitrogen and oxygen atoms in total. The first-order chi connectivity index (χ1) is 15.7. The van der Waals surface area contributed by atoms with Gasteiger partial charge in [0, 0.05) is 12.5 Å². The summed E-state index contributed by atoms with van der Waals surface area (Å²) >= 11 is 0. The number of hydrogen-bond donors (Lipinski definition) is 2. The van der Waals surface area contributed by atoms with Gasteiger partial charge >= 0.3 is 12.1 Å². The Hall–Kier alpha value is -4.09. The van der Waals surface area contributed by atoms with Crippen LogP contribution in [0.4, 0.5) is 13.2 Å². The van der Waals surface area contributed by atoms with Gasteiger partial charge in [-0.1, -0.05) is 6.07 Å². The maximum Gasteiger partial charge on any atom is 0.433 e. The van der Waals surface area contributed by atoms with Crippen LogP contribution in [0.15, 0.2) is 41.2 Å². The highest BCUT2D eigenvalue weighted by molar-refractivity contribution is 5.69. The average molecular weight is 466 g/mol. The van der Waals surface area contributed by atoms with Gasteiger partial charge in [0.15, 0.2) is 18.1 Å². The SMILES string of the molecule is COc1ccc(-n2[nH]c(C(F)(F)F)c(Cc3ccc4c(c3)OCO4)c2=O)c(OCC(=O)O)c1. The lowest BCUT2D eigenvalue weighted by molar-refractivity contribution is -0.142. The molecule has 174 valence electrons. The summed E-state index contributed by atoms with van der Waals surface area (Å²) in [6.07, 6.45) is -5.19. The van der Waals surface area contributed by atoms with Crippen molar-refractivity contribution in [2.24, 2.45) is 0 Å². The van der Waals surface area contributed by atoms with Gasteiger partial charge in [0.1, 0.15) is 22.9 Å². The number of fused-ring (bicyclic) bond motifs is 1. The van der Waals surface area contributed by atoms with E-state index in [0.29, 0.717) is 21.7 Å². The number of nitrogens with one attached hydrogen (secondary N) is 1. The lowest BCUT2D eigenvalue weighted by Gasteiger charge is -2.12. The largest absolute Gasteiger partial charge is 0.497 e. The first-order valence-corrected chi connectivity index (χ1v) is 9.50. The fourth-order valence-corrected chi connectivity index (χ4v) is 3.36. The molecule has 0 saturated heterocycles. The van der Waals surface area contributed by atoms with E-state index in [9.17, 15) is 22.8 Å². The van der Waals surface area contributed by atoms with Crippen LogP contribution in [-0.2, 0) is 17.4 Å². The molecule has 2 N–H and O–H groups in total. The van der Waals surface area contributed by atoms with Crippen LogP contribution in [0.25, 0.3) is 5.69 Å². The quantitative estimate of drug-likeness (QED) is 0.551. The van der Waals surface area contributed by atoms with E-state index in [2.05, 4.69) is 5.10 Å². The summed E-state index contributed by atoms with van der Waals surface area (Å²) < 4.78 is 62.7. The van der Waals surface area contributed by atoms with Crippen LogP contribution in [0, 0.1) is 0 Å². The zero-order valence-corrected chi connectivity index (χ0v) is 17.1. The van der Waals surface area contributed by atoms with E-state index < -0.39 is 35.6 Å². The van der Waals surface area contributed by atoms with E-state index in [0.717, 1.165) is 0 Å². The number of H-pyrrole nitrogens is 1. The highest BCUT2D eigenvalue weighted by atomic mass is 19.4. The Balaban J connectivity index is 1.80. The van der Waals surface area contributed by atoms with Gasteiger partial charge in [0.05, 0.1) is 12.7 Å². The summed E-state index contributed by atoms with van der Waals surface area (Å²) in [6, 6.07) is 8.57. The predicted molar refractivity (Wildman–Crippen MR) is 106 cm³/mol. The van der Waals surface area contributed by atoms with Gasteiger partial charge in [0.2, 0.25) is 6.79 Å². The van der Waals surface area contributed by atoms with Crippen LogP contribution in [0.5, 0.6) is 23.0 Å². The second kappa shape index (κ2) is 8.45. The van der Waals surface area contributed by atoms with Gasteiger partial charge in [-0.2, -0.15) is 13.2 Å². The molecule has 3 aromatic rings. The van der Waals surface area contributed by atoms with Crippen molar-refractivity contribution in [1.82, 2.24) is 9.78 Å². The summed E-state index contributed by atoms with van der Waals surface area (Å²) in [5.74, 6) is -0.364. The minimum Gasteiger partial charge on any atom is -0.497 e. The molecule has 0 amide bonds. The van der Waals surface area contributed by atoms with Crippen molar-refractivity contribution in [3.63, 3.8) is 0 Å². The van der Waals surface area contributed by atoms with Crippen LogP contribution in [0.1, 0.15) is 16.8 Å². The number of benzene rings is 2. The minimum atomic E-state index is -4.86. The molecule has 0 bridgehead atoms. The Labute approximate surface area is 183 Å². The number of aromatic amines is 1. The highest BCUT2D eigenvalue weighted by Gasteiger charge is 2.38. The zero-order chi connectivity index (χ0) is 23.8. The van der Waals surface area contributed by atoms with Crippen molar-refractivity contribution >= 4 is 5.97 Å². The number of alkyl halides is 3. The Morgan fingerprint density at radius 2 is 1.94 bits per heavy atom. The molecule has 0 saturated carbocycles. The van der Waals surface area contributed by atoms with Crippen molar-refractivity contribution in [1.29, 1.82) is 0 Å². The zero-order valence-electron chi connectivity index (χ0n) is 17.1. The van der Waals surface area contributed by atoms with Gasteiger partial charge in [0.25, 0.3) is 5.56 Å². The van der Waals surface area contributed by atoms with E-state index in [4.69, 9.17) is 24.1 Å². The molecule has 33 heavy (non-hydrogen) atoms. The number of ether oxygens (including phenoxy) is 4. The number of halogens is 3. The van der Waals surface area contributed by atoms with Crippen molar-refractivity contribution in [2.75, 3.05) is 20.5 Å². The second-order valence-electron chi connectivity index (χ2n) is 6.98. The lowest BCUT2D eigenvalue weighted by Crippen LogP contribution is -2.19. The molecule has 0 spiro atoms. The molecule has 0 atom stereocenters. The van der Waals surface area contributed by atoms with Crippen LogP contribution in [0.3, 0.4) is 0 Å². The first kappa shape index (κ1) is 22.1. The number of aromatic nitrogens is 2. The van der Waals surface area contributed by atoms with Crippen molar-refractivity contribution in [3.8, 4) is 28.7 Å². The Morgan fingerprint density at radius 3 is 2.64 bits per heavy atom. The fourth-order valence-electron chi connectivity index (χ4n) is 3.36. The van der Waals surface area contributed by atoms with E-state index in [-0.39, 0.29) is 30.4 Å². The number of carbonyl (C=O) groups is 1. The Kier molecular flexibility index (Phi) is 5.66. The first-order valence-electron chi connectivity index (χ1n) is 9.50. The Bertz CT molecular complexity index is 1260. The standard InChI is InChI=1S/C21H17F3N2O7/c1-30-12-3-4-14(16(8-12)31-9-18(27)28)26-20(29)13(19(25-26)21(22,23)24)6-11-2-5-15-17(7-11)33-10-32-15/h2-5,7-8,25H,6,9-10H2,1H3,(H,27,28). The summed E-state index contributed by atoms with van der Waals surface area (Å²) in [5, 5.41) is 11.0. The molecular formula is C21H17F3N2O7. The summed E-state index contributed by atoms with van der Waals surface area (Å²) in [4.78, 5) is 24.0. The predicted octanol–water partition coefficient (Wildman–Crippen LogP) is 2.98. The van der Waals surface area contributed by atoms with Crippen LogP contribution >= 0.6 is 0 Å². The van der Waals surface area contributed by atoms with Gasteiger partial charge in [-0.3, -0.25) is 9.89 Å². The van der Waals surface area contributed by atoms with Gasteiger partial charge in [-0.05, 0) is 29.8 Å². The fraction of sp³-hybridized carbons (Fsp3) is 0.238. The molecule has 0 radical (unpaired) electrons. The molecule has 2 aromatic carbocycles. The smallest absolute Gasteiger partial charge is 0.433 e. The van der Waals surface area contributed by atoms with Crippen molar-refractivity contribution < 1.29 is 42.0 Å². The highest BCUT2D eigenvalue weighted by Crippen LogP contribution is 2.35. The molecule has 2 heterocycles. The molecule has 0 unspecified atom stereocenters. The molecule has 12 heteroatoms. The monoisotopic (exact) mass is 466 g/mol. The van der Waals surface area contributed by atoms with E-state index in [1.165, 1.54) is 31.4 Å². The average Bonchev–Trinajstić information content (AvgIpc) is 3.36. The van der Waals surface area contributed by atoms with Crippen LogP contribution < -0.4 is 24.5 Å². The molecule has 0 aliphatic carbocycles. The minimum absolute atomic E-state index is 0.000136. The van der Waals surface area contributed by atoms with Crippen molar-refractivity contribution in [2.45, 2.75) is 12.6 Å². The van der Waals surface area contributed by atoms with E-state index in [1.807, 2.05) is 0 Å². The third-order valence-electron chi connectivity index (χ3n) is 4.85. The number of carboxylic acid groups (broad SMARTS) is 1. The van der Waals surface area contributed by atoms with Crippen LogP contribution in [0.2, 0.25) is 0 Å². The third-order valence-corrected chi connectivity index (χ3v) is 4.85. The van der Waals surface area contributed by atoms with Crippen molar-refractivity contribution in [3.05, 3.63) is 63.6 Å². The summed E-state index contributed by atoms with van der Waals surface area (Å²) in [5.41, 5.74) is -2.42. The molecule has 4 rings (SSSR count). The number of hydrogen-bond acceptors (Lipinski definition) is 6.